The van der Waals surface area contributed by atoms with E-state index in [9.17, 15) is 14.4 Å². The minimum atomic E-state index is -0.803. The molecular weight excluding hydrogens is 817 g/mol. The molecule has 0 aromatic rings. The van der Waals surface area contributed by atoms with Gasteiger partial charge in [0.25, 0.3) is 0 Å². The summed E-state index contributed by atoms with van der Waals surface area (Å²) in [5, 5.41) is 0. The first kappa shape index (κ1) is 62.6. The maximum atomic E-state index is 12.8. The Morgan fingerprint density at radius 1 is 0.333 bits per heavy atom. The number of allylic oxidation sites excluding steroid dienone is 14. The van der Waals surface area contributed by atoms with E-state index in [0.717, 1.165) is 122 Å². The lowest BCUT2D eigenvalue weighted by Gasteiger charge is -2.18. The monoisotopic (exact) mass is 919 g/mol. The number of rotatable bonds is 49. The van der Waals surface area contributed by atoms with Crippen molar-refractivity contribution in [2.24, 2.45) is 0 Å². The van der Waals surface area contributed by atoms with Crippen LogP contribution in [-0.2, 0) is 28.6 Å². The zero-order valence-electron chi connectivity index (χ0n) is 43.2. The third kappa shape index (κ3) is 51.6. The fraction of sp³-hybridized carbons (Fsp3) is 0.717. The first-order chi connectivity index (χ1) is 32.5. The topological polar surface area (TPSA) is 78.9 Å². The maximum absolute atomic E-state index is 12.8. The Hall–Kier alpha value is -3.41. The van der Waals surface area contributed by atoms with Crippen LogP contribution in [0.2, 0.25) is 0 Å². The largest absolute Gasteiger partial charge is 0.462 e. The highest BCUT2D eigenvalue weighted by Gasteiger charge is 2.19. The predicted octanol–water partition coefficient (Wildman–Crippen LogP) is 18.4. The Kier molecular flexibility index (Phi) is 51.4. The molecule has 6 heteroatoms. The van der Waals surface area contributed by atoms with Crippen LogP contribution in [0.25, 0.3) is 0 Å². The number of ether oxygens (including phenoxy) is 3. The summed E-state index contributed by atoms with van der Waals surface area (Å²) in [6, 6.07) is 0. The third-order valence-electron chi connectivity index (χ3n) is 11.6. The lowest BCUT2D eigenvalue weighted by molar-refractivity contribution is -0.167. The molecule has 0 spiro atoms. The van der Waals surface area contributed by atoms with Crippen molar-refractivity contribution in [2.45, 2.75) is 264 Å². The summed E-state index contributed by atoms with van der Waals surface area (Å²) >= 11 is 0. The van der Waals surface area contributed by atoms with E-state index in [0.29, 0.717) is 12.8 Å². The SMILES string of the molecule is CC/C=C\C/C=C\C/C=C\C/C=C\CCCCCCCCC(=O)OCC(COC(=O)CCCCC/C=C\CCCCCCCC)OC(=O)CCCCC/C=C\C=C/CCCCCCCCC. The molecule has 1 unspecified atom stereocenters. The van der Waals surface area contributed by atoms with Gasteiger partial charge >= 0.3 is 17.9 Å². The van der Waals surface area contributed by atoms with Crippen molar-refractivity contribution < 1.29 is 28.6 Å². The standard InChI is InChI=1S/C60H102O6/c1-4-7-10-13-16-19-22-25-27-29-30-31-33-35-38-41-44-47-50-53-59(62)65-56-57(55-64-58(61)52-49-46-43-40-37-34-24-21-18-15-12-9-6-3)66-60(63)54-51-48-45-42-39-36-32-28-26-23-20-17-14-11-8-5-2/h7,10,16,19,25,27-28,30-32,34,36-37,39,57H,4-6,8-9,11-15,17-18,20-24,26,29,33,35,38,40-56H2,1-3H3/b10-7-,19-16-,27-25-,31-30-,32-28-,37-34-,39-36-. The molecule has 1 atom stereocenters. The normalized spacial score (nSPS) is 12.7. The fourth-order valence-electron chi connectivity index (χ4n) is 7.48. The molecule has 0 saturated heterocycles. The number of hydrogen-bond donors (Lipinski definition) is 0. The second-order valence-corrected chi connectivity index (χ2v) is 18.1. The van der Waals surface area contributed by atoms with Gasteiger partial charge in [-0.3, -0.25) is 14.4 Å². The van der Waals surface area contributed by atoms with Gasteiger partial charge in [-0.1, -0.05) is 215 Å². The number of carbonyl (C=O) groups is 3. The average molecular weight is 919 g/mol. The zero-order chi connectivity index (χ0) is 47.9. The van der Waals surface area contributed by atoms with Crippen molar-refractivity contribution in [3.05, 3.63) is 85.1 Å². The van der Waals surface area contributed by atoms with Gasteiger partial charge in [-0.05, 0) is 109 Å². The van der Waals surface area contributed by atoms with Crippen LogP contribution in [-0.4, -0.2) is 37.2 Å². The molecule has 0 aliphatic rings. The predicted molar refractivity (Wildman–Crippen MR) is 284 cm³/mol. The van der Waals surface area contributed by atoms with Crippen molar-refractivity contribution >= 4 is 17.9 Å². The molecule has 0 heterocycles. The lowest BCUT2D eigenvalue weighted by Crippen LogP contribution is -2.30. The highest BCUT2D eigenvalue weighted by Crippen LogP contribution is 2.14. The molecule has 0 radical (unpaired) electrons. The first-order valence-electron chi connectivity index (χ1n) is 27.6. The van der Waals surface area contributed by atoms with Gasteiger partial charge in [0.05, 0.1) is 0 Å². The molecule has 0 aromatic heterocycles. The highest BCUT2D eigenvalue weighted by atomic mass is 16.6. The van der Waals surface area contributed by atoms with Crippen LogP contribution < -0.4 is 0 Å². The Morgan fingerprint density at radius 2 is 0.636 bits per heavy atom. The summed E-state index contributed by atoms with van der Waals surface area (Å²) < 4.78 is 16.8. The molecule has 0 saturated carbocycles. The first-order valence-corrected chi connectivity index (χ1v) is 27.6. The number of unbranched alkanes of at least 4 members (excludes halogenated alkanes) is 25. The van der Waals surface area contributed by atoms with Crippen LogP contribution in [0.15, 0.2) is 85.1 Å². The van der Waals surface area contributed by atoms with Gasteiger partial charge < -0.3 is 14.2 Å². The van der Waals surface area contributed by atoms with Crippen LogP contribution in [0.3, 0.4) is 0 Å². The summed E-state index contributed by atoms with van der Waals surface area (Å²) in [5.74, 6) is -0.953. The Balaban J connectivity index is 4.46. The molecule has 66 heavy (non-hydrogen) atoms. The van der Waals surface area contributed by atoms with Crippen molar-refractivity contribution in [3.8, 4) is 0 Å². The molecule has 0 aliphatic heterocycles. The van der Waals surface area contributed by atoms with Crippen molar-refractivity contribution in [3.63, 3.8) is 0 Å². The minimum Gasteiger partial charge on any atom is -0.462 e. The van der Waals surface area contributed by atoms with Crippen LogP contribution in [0.4, 0.5) is 0 Å². The average Bonchev–Trinajstić information content (AvgIpc) is 3.31. The van der Waals surface area contributed by atoms with Crippen molar-refractivity contribution in [2.75, 3.05) is 13.2 Å². The summed E-state index contributed by atoms with van der Waals surface area (Å²) in [4.78, 5) is 38.1. The van der Waals surface area contributed by atoms with Gasteiger partial charge in [0.1, 0.15) is 13.2 Å². The Bertz CT molecular complexity index is 1290. The molecule has 0 N–H and O–H groups in total. The van der Waals surface area contributed by atoms with Crippen molar-refractivity contribution in [1.29, 1.82) is 0 Å². The van der Waals surface area contributed by atoms with E-state index in [1.807, 2.05) is 0 Å². The number of esters is 3. The molecule has 0 aromatic carbocycles. The third-order valence-corrected chi connectivity index (χ3v) is 11.6. The molecule has 0 fully saturated rings. The molecule has 0 aliphatic carbocycles. The van der Waals surface area contributed by atoms with E-state index in [2.05, 4.69) is 106 Å². The van der Waals surface area contributed by atoms with Gasteiger partial charge in [-0.25, -0.2) is 0 Å². The Morgan fingerprint density at radius 3 is 1.05 bits per heavy atom. The molecule has 0 bridgehead atoms. The molecule has 0 amide bonds. The Labute approximate surface area is 407 Å². The summed E-state index contributed by atoms with van der Waals surface area (Å²) in [7, 11) is 0. The fourth-order valence-corrected chi connectivity index (χ4v) is 7.48. The lowest BCUT2D eigenvalue weighted by atomic mass is 10.1. The number of carbonyl (C=O) groups excluding carboxylic acids is 3. The minimum absolute atomic E-state index is 0.0997. The van der Waals surface area contributed by atoms with Crippen molar-refractivity contribution in [1.82, 2.24) is 0 Å². The van der Waals surface area contributed by atoms with Gasteiger partial charge in [-0.2, -0.15) is 0 Å². The van der Waals surface area contributed by atoms with E-state index in [-0.39, 0.29) is 37.5 Å². The van der Waals surface area contributed by atoms with Crippen LogP contribution in [0.1, 0.15) is 258 Å². The van der Waals surface area contributed by atoms with Gasteiger partial charge in [0, 0.05) is 19.3 Å². The molecular formula is C60H102O6. The summed E-state index contributed by atoms with van der Waals surface area (Å²) in [6.07, 6.45) is 70.0. The summed E-state index contributed by atoms with van der Waals surface area (Å²) in [6.45, 7) is 6.47. The van der Waals surface area contributed by atoms with E-state index in [1.165, 1.54) is 96.3 Å². The van der Waals surface area contributed by atoms with Crippen LogP contribution in [0, 0.1) is 0 Å². The second kappa shape index (κ2) is 54.2. The van der Waals surface area contributed by atoms with Gasteiger partial charge in [-0.15, -0.1) is 0 Å². The molecule has 6 nitrogen and oxygen atoms in total. The zero-order valence-corrected chi connectivity index (χ0v) is 43.2. The van der Waals surface area contributed by atoms with Gasteiger partial charge in [0.15, 0.2) is 6.10 Å². The van der Waals surface area contributed by atoms with E-state index >= 15 is 0 Å². The van der Waals surface area contributed by atoms with E-state index < -0.39 is 6.10 Å². The van der Waals surface area contributed by atoms with Crippen LogP contribution in [0.5, 0.6) is 0 Å². The highest BCUT2D eigenvalue weighted by molar-refractivity contribution is 5.71. The molecule has 0 rings (SSSR count). The van der Waals surface area contributed by atoms with E-state index in [1.54, 1.807) is 0 Å². The summed E-state index contributed by atoms with van der Waals surface area (Å²) in [5.41, 5.74) is 0. The van der Waals surface area contributed by atoms with Gasteiger partial charge in [0.2, 0.25) is 0 Å². The maximum Gasteiger partial charge on any atom is 0.306 e. The van der Waals surface area contributed by atoms with E-state index in [4.69, 9.17) is 14.2 Å². The smallest absolute Gasteiger partial charge is 0.306 e. The number of hydrogen-bond acceptors (Lipinski definition) is 6. The molecule has 378 valence electrons. The quantitative estimate of drug-likeness (QED) is 0.0199. The van der Waals surface area contributed by atoms with Crippen LogP contribution >= 0.6 is 0 Å². The second-order valence-electron chi connectivity index (χ2n) is 18.1.